The van der Waals surface area contributed by atoms with Crippen LogP contribution in [0.25, 0.3) is 11.0 Å². The van der Waals surface area contributed by atoms with Crippen LogP contribution >= 0.6 is 11.6 Å². The van der Waals surface area contributed by atoms with Gasteiger partial charge in [-0.25, -0.2) is 4.98 Å². The number of rotatable bonds is 7. The molecule has 2 aromatic heterocycles. The average Bonchev–Trinajstić information content (AvgIpc) is 2.77. The maximum Gasteiger partial charge on any atom is 0.111 e. The second-order valence-electron chi connectivity index (χ2n) is 4.60. The Morgan fingerprint density at radius 2 is 2.32 bits per heavy atom. The molecular weight excluding hydrogens is 262 g/mol. The van der Waals surface area contributed by atoms with Gasteiger partial charge >= 0.3 is 0 Å². The van der Waals surface area contributed by atoms with Crippen molar-refractivity contribution >= 4 is 22.6 Å². The standard InChI is InChI=1S/C14H20ClN3O/c1-3-4-11(10-19-2)18-13-6-8-16-9-12(13)17-14(18)5-7-15/h6,8-9,11H,3-5,7,10H2,1-2H3. The Hall–Kier alpha value is -1.13. The number of fused-ring (bicyclic) bond motifs is 1. The lowest BCUT2D eigenvalue weighted by Crippen LogP contribution is -2.17. The third-order valence-corrected chi connectivity index (χ3v) is 3.42. The third kappa shape index (κ3) is 3.07. The first-order chi connectivity index (χ1) is 9.31. The van der Waals surface area contributed by atoms with Gasteiger partial charge in [-0.15, -0.1) is 11.6 Å². The summed E-state index contributed by atoms with van der Waals surface area (Å²) in [7, 11) is 1.74. The van der Waals surface area contributed by atoms with Crippen molar-refractivity contribution in [2.24, 2.45) is 0 Å². The van der Waals surface area contributed by atoms with Crippen LogP contribution < -0.4 is 0 Å². The number of hydrogen-bond acceptors (Lipinski definition) is 3. The molecule has 0 N–H and O–H groups in total. The molecule has 2 heterocycles. The van der Waals surface area contributed by atoms with Gasteiger partial charge in [0.25, 0.3) is 0 Å². The smallest absolute Gasteiger partial charge is 0.111 e. The van der Waals surface area contributed by atoms with Gasteiger partial charge in [0.05, 0.1) is 24.4 Å². The Labute approximate surface area is 118 Å². The first-order valence-electron chi connectivity index (χ1n) is 6.67. The minimum absolute atomic E-state index is 0.306. The van der Waals surface area contributed by atoms with Gasteiger partial charge in [-0.05, 0) is 12.5 Å². The molecule has 0 aliphatic heterocycles. The van der Waals surface area contributed by atoms with Crippen LogP contribution in [0.15, 0.2) is 18.5 Å². The number of imidazole rings is 1. The topological polar surface area (TPSA) is 39.9 Å². The Bertz CT molecular complexity index is 520. The van der Waals surface area contributed by atoms with Crippen molar-refractivity contribution in [1.82, 2.24) is 14.5 Å². The van der Waals surface area contributed by atoms with Crippen molar-refractivity contribution in [3.63, 3.8) is 0 Å². The summed E-state index contributed by atoms with van der Waals surface area (Å²) in [6.07, 6.45) is 6.55. The van der Waals surface area contributed by atoms with E-state index in [1.54, 1.807) is 19.5 Å². The van der Waals surface area contributed by atoms with Gasteiger partial charge in [0, 0.05) is 25.6 Å². The zero-order chi connectivity index (χ0) is 13.7. The molecule has 0 radical (unpaired) electrons. The molecule has 0 aliphatic carbocycles. The lowest BCUT2D eigenvalue weighted by atomic mass is 10.1. The minimum Gasteiger partial charge on any atom is -0.383 e. The lowest BCUT2D eigenvalue weighted by Gasteiger charge is -2.20. The van der Waals surface area contributed by atoms with Crippen molar-refractivity contribution in [2.45, 2.75) is 32.2 Å². The molecule has 1 unspecified atom stereocenters. The fourth-order valence-electron chi connectivity index (χ4n) is 2.48. The quantitative estimate of drug-likeness (QED) is 0.732. The van der Waals surface area contributed by atoms with Crippen molar-refractivity contribution in [3.8, 4) is 0 Å². The predicted octanol–water partition coefficient (Wildman–Crippen LogP) is 3.20. The summed E-state index contributed by atoms with van der Waals surface area (Å²) in [5.41, 5.74) is 2.05. The highest BCUT2D eigenvalue weighted by atomic mass is 35.5. The fourth-order valence-corrected chi connectivity index (χ4v) is 2.65. The summed E-state index contributed by atoms with van der Waals surface area (Å²) in [4.78, 5) is 8.79. The normalized spacial score (nSPS) is 13.0. The molecule has 5 heteroatoms. The molecule has 2 rings (SSSR count). The number of aryl methyl sites for hydroxylation is 1. The second-order valence-corrected chi connectivity index (χ2v) is 4.98. The van der Waals surface area contributed by atoms with E-state index < -0.39 is 0 Å². The van der Waals surface area contributed by atoms with E-state index in [0.29, 0.717) is 18.5 Å². The van der Waals surface area contributed by atoms with Gasteiger partial charge < -0.3 is 9.30 Å². The summed E-state index contributed by atoms with van der Waals surface area (Å²) in [6, 6.07) is 2.32. The molecule has 0 saturated heterocycles. The zero-order valence-electron chi connectivity index (χ0n) is 11.5. The van der Waals surface area contributed by atoms with Crippen LogP contribution in [-0.2, 0) is 11.2 Å². The van der Waals surface area contributed by atoms with Crippen LogP contribution in [0.1, 0.15) is 31.6 Å². The van der Waals surface area contributed by atoms with E-state index >= 15 is 0 Å². The molecule has 1 atom stereocenters. The first-order valence-corrected chi connectivity index (χ1v) is 7.21. The Morgan fingerprint density at radius 3 is 3.00 bits per heavy atom. The number of halogens is 1. The van der Waals surface area contributed by atoms with Crippen LogP contribution in [0.2, 0.25) is 0 Å². The predicted molar refractivity (Wildman–Crippen MR) is 77.8 cm³/mol. The van der Waals surface area contributed by atoms with Gasteiger partial charge in [0.15, 0.2) is 0 Å². The van der Waals surface area contributed by atoms with Crippen LogP contribution in [0.3, 0.4) is 0 Å². The number of aromatic nitrogens is 3. The molecule has 2 aromatic rings. The molecule has 0 aliphatic rings. The molecule has 0 spiro atoms. The summed E-state index contributed by atoms with van der Waals surface area (Å²) >= 11 is 5.89. The summed E-state index contributed by atoms with van der Waals surface area (Å²) < 4.78 is 7.64. The molecule has 4 nitrogen and oxygen atoms in total. The Morgan fingerprint density at radius 1 is 1.47 bits per heavy atom. The second kappa shape index (κ2) is 6.87. The zero-order valence-corrected chi connectivity index (χ0v) is 12.2. The number of methoxy groups -OCH3 is 1. The van der Waals surface area contributed by atoms with Crippen molar-refractivity contribution in [1.29, 1.82) is 0 Å². The van der Waals surface area contributed by atoms with Crippen molar-refractivity contribution < 1.29 is 4.74 Å². The maximum atomic E-state index is 5.89. The molecular formula is C14H20ClN3O. The highest BCUT2D eigenvalue weighted by molar-refractivity contribution is 6.17. The van der Waals surface area contributed by atoms with Crippen LogP contribution in [0, 0.1) is 0 Å². The van der Waals surface area contributed by atoms with Gasteiger partial charge in [0.2, 0.25) is 0 Å². The molecule has 0 aromatic carbocycles. The number of hydrogen-bond donors (Lipinski definition) is 0. The molecule has 0 amide bonds. The number of pyridine rings is 1. The van der Waals surface area contributed by atoms with E-state index in [4.69, 9.17) is 16.3 Å². The largest absolute Gasteiger partial charge is 0.383 e. The van der Waals surface area contributed by atoms with Crippen molar-refractivity contribution in [3.05, 3.63) is 24.3 Å². The number of nitrogens with zero attached hydrogens (tertiary/aromatic N) is 3. The lowest BCUT2D eigenvalue weighted by molar-refractivity contribution is 0.151. The van der Waals surface area contributed by atoms with E-state index in [-0.39, 0.29) is 0 Å². The fraction of sp³-hybridized carbons (Fsp3) is 0.571. The third-order valence-electron chi connectivity index (χ3n) is 3.23. The molecule has 104 valence electrons. The van der Waals surface area contributed by atoms with E-state index in [0.717, 1.165) is 36.1 Å². The minimum atomic E-state index is 0.306. The molecule has 0 saturated carbocycles. The first kappa shape index (κ1) is 14.3. The maximum absolute atomic E-state index is 5.89. The van der Waals surface area contributed by atoms with Crippen LogP contribution in [0.5, 0.6) is 0 Å². The number of alkyl halides is 1. The van der Waals surface area contributed by atoms with Gasteiger partial charge in [-0.1, -0.05) is 13.3 Å². The van der Waals surface area contributed by atoms with Gasteiger partial charge in [-0.3, -0.25) is 4.98 Å². The van der Waals surface area contributed by atoms with Gasteiger partial charge in [0.1, 0.15) is 11.3 Å². The SMILES string of the molecule is CCCC(COC)n1c(CCCl)nc2cnccc21. The van der Waals surface area contributed by atoms with Crippen molar-refractivity contribution in [2.75, 3.05) is 19.6 Å². The van der Waals surface area contributed by atoms with Gasteiger partial charge in [-0.2, -0.15) is 0 Å². The number of ether oxygens (including phenoxy) is 1. The van der Waals surface area contributed by atoms with E-state index in [1.165, 1.54) is 0 Å². The molecule has 0 fully saturated rings. The highest BCUT2D eigenvalue weighted by Gasteiger charge is 2.18. The summed E-state index contributed by atoms with van der Waals surface area (Å²) in [5, 5.41) is 0. The molecule has 19 heavy (non-hydrogen) atoms. The van der Waals surface area contributed by atoms with Crippen LogP contribution in [-0.4, -0.2) is 34.1 Å². The summed E-state index contributed by atoms with van der Waals surface area (Å²) in [6.45, 7) is 2.88. The average molecular weight is 282 g/mol. The van der Waals surface area contributed by atoms with E-state index in [9.17, 15) is 0 Å². The Balaban J connectivity index is 2.49. The van der Waals surface area contributed by atoms with E-state index in [2.05, 4.69) is 21.5 Å². The Kier molecular flexibility index (Phi) is 5.16. The van der Waals surface area contributed by atoms with E-state index in [1.807, 2.05) is 6.07 Å². The van der Waals surface area contributed by atoms with Crippen LogP contribution in [0.4, 0.5) is 0 Å². The highest BCUT2D eigenvalue weighted by Crippen LogP contribution is 2.24. The molecule has 0 bridgehead atoms. The monoisotopic (exact) mass is 281 g/mol. The summed E-state index contributed by atoms with van der Waals surface area (Å²) in [5.74, 6) is 1.59.